The number of fused-ring (bicyclic) bond motifs is 3. The number of hydrogen-bond donors (Lipinski definition) is 0. The molecule has 0 fully saturated rings. The Bertz CT molecular complexity index is 974. The van der Waals surface area contributed by atoms with E-state index >= 15 is 0 Å². The van der Waals surface area contributed by atoms with E-state index in [0.717, 1.165) is 9.26 Å². The SMILES string of the molecule is Cc1nnc2n1-c1ccc(I)cc1C(c1c(F)cccc1F)=NC2. The molecule has 0 unspecified atom stereocenters. The van der Waals surface area contributed by atoms with Gasteiger partial charge in [-0.25, -0.2) is 8.78 Å². The molecule has 3 aromatic rings. The summed E-state index contributed by atoms with van der Waals surface area (Å²) in [7, 11) is 0. The maximum atomic E-state index is 14.3. The second kappa shape index (κ2) is 5.73. The van der Waals surface area contributed by atoms with E-state index in [1.165, 1.54) is 18.2 Å². The van der Waals surface area contributed by atoms with Crippen LogP contribution in [0.5, 0.6) is 0 Å². The lowest BCUT2D eigenvalue weighted by molar-refractivity contribution is 0.579. The molecule has 2 heterocycles. The number of rotatable bonds is 1. The lowest BCUT2D eigenvalue weighted by Crippen LogP contribution is -2.12. The van der Waals surface area contributed by atoms with Gasteiger partial charge in [0.05, 0.1) is 17.0 Å². The minimum absolute atomic E-state index is 0.114. The average Bonchev–Trinajstić information content (AvgIpc) is 2.83. The predicted molar refractivity (Wildman–Crippen MR) is 94.5 cm³/mol. The van der Waals surface area contributed by atoms with Crippen molar-refractivity contribution in [2.45, 2.75) is 13.5 Å². The van der Waals surface area contributed by atoms with Gasteiger partial charge in [0.15, 0.2) is 5.82 Å². The number of benzene rings is 2. The van der Waals surface area contributed by atoms with Crippen molar-refractivity contribution >= 4 is 28.3 Å². The van der Waals surface area contributed by atoms with Crippen LogP contribution in [-0.4, -0.2) is 20.5 Å². The van der Waals surface area contributed by atoms with Crippen LogP contribution >= 0.6 is 22.6 Å². The third kappa shape index (κ3) is 2.34. The molecular weight excluding hydrogens is 425 g/mol. The van der Waals surface area contributed by atoms with E-state index in [1.807, 2.05) is 29.7 Å². The van der Waals surface area contributed by atoms with Crippen molar-refractivity contribution in [1.29, 1.82) is 0 Å². The Morgan fingerprint density at radius 1 is 1.08 bits per heavy atom. The first-order chi connectivity index (χ1) is 11.6. The fourth-order valence-corrected chi connectivity index (χ4v) is 3.38. The van der Waals surface area contributed by atoms with Gasteiger partial charge < -0.3 is 0 Å². The van der Waals surface area contributed by atoms with E-state index in [2.05, 4.69) is 37.8 Å². The molecule has 1 aliphatic heterocycles. The summed E-state index contributed by atoms with van der Waals surface area (Å²) in [6.45, 7) is 2.04. The van der Waals surface area contributed by atoms with E-state index in [0.29, 0.717) is 22.9 Å². The van der Waals surface area contributed by atoms with Crippen LogP contribution in [0.15, 0.2) is 41.4 Å². The quantitative estimate of drug-likeness (QED) is 0.545. The number of aryl methyl sites for hydroxylation is 1. The average molecular weight is 436 g/mol. The van der Waals surface area contributed by atoms with Crippen molar-refractivity contribution in [3.8, 4) is 5.69 Å². The number of aliphatic imine (C=N–C) groups is 1. The second-order valence-electron chi connectivity index (χ2n) is 5.42. The van der Waals surface area contributed by atoms with Crippen LogP contribution in [-0.2, 0) is 6.54 Å². The first kappa shape index (κ1) is 15.4. The maximum Gasteiger partial charge on any atom is 0.159 e. The van der Waals surface area contributed by atoms with Crippen LogP contribution in [0.2, 0.25) is 0 Å². The molecule has 0 spiro atoms. The summed E-state index contributed by atoms with van der Waals surface area (Å²) in [6, 6.07) is 9.53. The van der Waals surface area contributed by atoms with Gasteiger partial charge >= 0.3 is 0 Å². The van der Waals surface area contributed by atoms with E-state index in [1.54, 1.807) is 0 Å². The minimum Gasteiger partial charge on any atom is -0.281 e. The molecule has 4 rings (SSSR count). The Hall–Kier alpha value is -2.16. The molecule has 1 aliphatic rings. The van der Waals surface area contributed by atoms with Crippen LogP contribution in [0.1, 0.15) is 22.8 Å². The van der Waals surface area contributed by atoms with Gasteiger partial charge in [-0.2, -0.15) is 0 Å². The zero-order chi connectivity index (χ0) is 16.8. The molecule has 4 nitrogen and oxygen atoms in total. The van der Waals surface area contributed by atoms with Gasteiger partial charge in [-0.05, 0) is 59.8 Å². The highest BCUT2D eigenvalue weighted by molar-refractivity contribution is 14.1. The monoisotopic (exact) mass is 436 g/mol. The standard InChI is InChI=1S/C17H11F2IN4/c1-9-22-23-15-8-21-17(16-12(18)3-2-4-13(16)19)11-7-10(20)5-6-14(11)24(9)15/h2-7H,8H2,1H3. The molecule has 0 amide bonds. The molecule has 120 valence electrons. The lowest BCUT2D eigenvalue weighted by atomic mass is 9.99. The van der Waals surface area contributed by atoms with Crippen molar-refractivity contribution in [1.82, 2.24) is 14.8 Å². The third-order valence-corrected chi connectivity index (χ3v) is 4.60. The van der Waals surface area contributed by atoms with Gasteiger partial charge in [-0.1, -0.05) is 6.07 Å². The zero-order valence-electron chi connectivity index (χ0n) is 12.6. The molecule has 0 N–H and O–H groups in total. The highest BCUT2D eigenvalue weighted by Gasteiger charge is 2.25. The third-order valence-electron chi connectivity index (χ3n) is 3.92. The fraction of sp³-hybridized carbons (Fsp3) is 0.118. The molecule has 0 saturated heterocycles. The lowest BCUT2D eigenvalue weighted by Gasteiger charge is -2.14. The highest BCUT2D eigenvalue weighted by atomic mass is 127. The second-order valence-corrected chi connectivity index (χ2v) is 6.67. The zero-order valence-corrected chi connectivity index (χ0v) is 14.8. The van der Waals surface area contributed by atoms with Crippen molar-refractivity contribution in [2.75, 3.05) is 0 Å². The molecule has 0 saturated carbocycles. The van der Waals surface area contributed by atoms with E-state index in [4.69, 9.17) is 0 Å². The van der Waals surface area contributed by atoms with Crippen LogP contribution < -0.4 is 0 Å². The van der Waals surface area contributed by atoms with Gasteiger partial charge in [0.25, 0.3) is 0 Å². The summed E-state index contributed by atoms with van der Waals surface area (Å²) < 4.78 is 31.5. The molecular formula is C17H11F2IN4. The number of hydrogen-bond acceptors (Lipinski definition) is 3. The Labute approximate surface area is 150 Å². The first-order valence-electron chi connectivity index (χ1n) is 7.26. The van der Waals surface area contributed by atoms with Gasteiger partial charge in [-0.15, -0.1) is 10.2 Å². The number of nitrogens with zero attached hydrogens (tertiary/aromatic N) is 4. The molecule has 2 aromatic carbocycles. The number of aromatic nitrogens is 3. The normalized spacial score (nSPS) is 13.1. The fourth-order valence-electron chi connectivity index (χ4n) is 2.89. The Morgan fingerprint density at radius 3 is 2.58 bits per heavy atom. The van der Waals surface area contributed by atoms with Gasteiger partial charge in [0, 0.05) is 9.13 Å². The van der Waals surface area contributed by atoms with Crippen molar-refractivity contribution < 1.29 is 8.78 Å². The van der Waals surface area contributed by atoms with Crippen molar-refractivity contribution in [3.63, 3.8) is 0 Å². The summed E-state index contributed by atoms with van der Waals surface area (Å²) in [5, 5.41) is 8.21. The topological polar surface area (TPSA) is 43.1 Å². The minimum atomic E-state index is -0.632. The van der Waals surface area contributed by atoms with Crippen LogP contribution in [0.3, 0.4) is 0 Å². The highest BCUT2D eigenvalue weighted by Crippen LogP contribution is 2.28. The summed E-state index contributed by atoms with van der Waals surface area (Å²) in [5.41, 5.74) is 1.61. The van der Waals surface area contributed by atoms with Gasteiger partial charge in [-0.3, -0.25) is 9.56 Å². The van der Waals surface area contributed by atoms with Gasteiger partial charge in [0.2, 0.25) is 0 Å². The Kier molecular flexibility index (Phi) is 3.67. The van der Waals surface area contributed by atoms with Crippen LogP contribution in [0.4, 0.5) is 8.78 Å². The molecule has 24 heavy (non-hydrogen) atoms. The molecule has 7 heteroatoms. The summed E-state index contributed by atoms with van der Waals surface area (Å²) >= 11 is 2.17. The van der Waals surface area contributed by atoms with Crippen LogP contribution in [0, 0.1) is 22.1 Å². The molecule has 0 bridgehead atoms. The maximum absolute atomic E-state index is 14.3. The van der Waals surface area contributed by atoms with E-state index in [9.17, 15) is 8.78 Å². The van der Waals surface area contributed by atoms with E-state index in [-0.39, 0.29) is 12.1 Å². The van der Waals surface area contributed by atoms with Crippen LogP contribution in [0.25, 0.3) is 5.69 Å². The summed E-state index contributed by atoms with van der Waals surface area (Å²) in [6.07, 6.45) is 0. The van der Waals surface area contributed by atoms with Gasteiger partial charge in [0.1, 0.15) is 24.0 Å². The first-order valence-corrected chi connectivity index (χ1v) is 8.34. The smallest absolute Gasteiger partial charge is 0.159 e. The van der Waals surface area contributed by atoms with Crippen molar-refractivity contribution in [2.24, 2.45) is 4.99 Å². The van der Waals surface area contributed by atoms with E-state index < -0.39 is 11.6 Å². The number of halogens is 3. The molecule has 1 aromatic heterocycles. The van der Waals surface area contributed by atoms with Crippen molar-refractivity contribution in [3.05, 3.63) is 74.4 Å². The Morgan fingerprint density at radius 2 is 1.83 bits per heavy atom. The summed E-state index contributed by atoms with van der Waals surface area (Å²) in [4.78, 5) is 4.46. The largest absolute Gasteiger partial charge is 0.281 e. The molecule has 0 aliphatic carbocycles. The summed E-state index contributed by atoms with van der Waals surface area (Å²) in [5.74, 6) is 0.0838. The predicted octanol–water partition coefficient (Wildman–Crippen LogP) is 3.81. The molecule has 0 atom stereocenters. The molecule has 0 radical (unpaired) electrons. The Balaban J connectivity index is 2.05.